The number of non-ortho nitro benzene ring substituents is 1. The minimum absolute atomic E-state index is 0.0248. The number of aromatic nitrogens is 1. The Bertz CT molecular complexity index is 1450. The van der Waals surface area contributed by atoms with Gasteiger partial charge in [-0.05, 0) is 42.5 Å². The first-order valence-electron chi connectivity index (χ1n) is 9.93. The number of sulfonamides is 1. The highest BCUT2D eigenvalue weighted by Crippen LogP contribution is 2.24. The van der Waals surface area contributed by atoms with E-state index in [1.54, 1.807) is 65.4 Å². The number of nitro benzene ring substituents is 1. The van der Waals surface area contributed by atoms with Crippen LogP contribution in [-0.2, 0) is 21.4 Å². The first-order chi connectivity index (χ1) is 15.8. The molecule has 9 nitrogen and oxygen atoms in total. The van der Waals surface area contributed by atoms with Crippen molar-refractivity contribution in [2.45, 2.75) is 11.4 Å². The molecule has 1 aromatic heterocycles. The molecule has 0 aliphatic heterocycles. The Balaban J connectivity index is 1.51. The minimum Gasteiger partial charge on any atom is -0.338 e. The zero-order valence-corrected chi connectivity index (χ0v) is 18.4. The van der Waals surface area contributed by atoms with E-state index < -0.39 is 14.9 Å². The van der Waals surface area contributed by atoms with Gasteiger partial charge in [0.05, 0.1) is 15.5 Å². The van der Waals surface area contributed by atoms with E-state index in [9.17, 15) is 23.3 Å². The molecule has 1 amide bonds. The fourth-order valence-electron chi connectivity index (χ4n) is 3.46. The number of rotatable bonds is 7. The molecule has 0 unspecified atom stereocenters. The largest absolute Gasteiger partial charge is 0.338 e. The summed E-state index contributed by atoms with van der Waals surface area (Å²) in [4.78, 5) is 23.1. The number of benzene rings is 3. The summed E-state index contributed by atoms with van der Waals surface area (Å²) in [5, 5.41) is 14.3. The smallest absolute Gasteiger partial charge is 0.270 e. The number of hydrogen-bond donors (Lipinski definition) is 1. The maximum atomic E-state index is 13.0. The van der Waals surface area contributed by atoms with Crippen LogP contribution in [0.5, 0.6) is 0 Å². The van der Waals surface area contributed by atoms with Crippen LogP contribution in [-0.4, -0.2) is 30.9 Å². The van der Waals surface area contributed by atoms with Gasteiger partial charge in [0.25, 0.3) is 15.7 Å². The third-order valence-corrected chi connectivity index (χ3v) is 6.96. The molecule has 4 rings (SSSR count). The average molecular weight is 465 g/mol. The number of nitrogens with one attached hydrogen (secondary N) is 1. The summed E-state index contributed by atoms with van der Waals surface area (Å²) < 4.78 is 28.9. The number of amides is 1. The van der Waals surface area contributed by atoms with Crippen LogP contribution in [0.4, 0.5) is 17.1 Å². The summed E-state index contributed by atoms with van der Waals surface area (Å²) in [7, 11) is -2.35. The van der Waals surface area contributed by atoms with Gasteiger partial charge in [0.15, 0.2) is 0 Å². The zero-order chi connectivity index (χ0) is 23.6. The molecular formula is C23H20N4O5S. The van der Waals surface area contributed by atoms with Crippen LogP contribution in [0.15, 0.2) is 90.0 Å². The fourth-order valence-corrected chi connectivity index (χ4v) is 4.71. The van der Waals surface area contributed by atoms with Crippen molar-refractivity contribution in [3.05, 3.63) is 95.2 Å². The lowest BCUT2D eigenvalue weighted by molar-refractivity contribution is -0.384. The van der Waals surface area contributed by atoms with Crippen LogP contribution in [0, 0.1) is 10.1 Å². The van der Waals surface area contributed by atoms with Crippen molar-refractivity contribution in [2.75, 3.05) is 16.7 Å². The number of nitro groups is 1. The van der Waals surface area contributed by atoms with Gasteiger partial charge in [0.2, 0.25) is 5.91 Å². The van der Waals surface area contributed by atoms with E-state index in [4.69, 9.17) is 0 Å². The fraction of sp³-hybridized carbons (Fsp3) is 0.0870. The second-order valence-corrected chi connectivity index (χ2v) is 9.30. The Kier molecular flexibility index (Phi) is 5.84. The van der Waals surface area contributed by atoms with Crippen molar-refractivity contribution in [3.63, 3.8) is 0 Å². The second-order valence-electron chi connectivity index (χ2n) is 7.33. The molecule has 0 radical (unpaired) electrons. The number of carbonyl (C=O) groups is 1. The topological polar surface area (TPSA) is 115 Å². The molecule has 0 saturated carbocycles. The van der Waals surface area contributed by atoms with Gasteiger partial charge in [-0.1, -0.05) is 24.3 Å². The molecule has 3 aromatic carbocycles. The number of nitrogens with zero attached hydrogens (tertiary/aromatic N) is 3. The summed E-state index contributed by atoms with van der Waals surface area (Å²) in [5.74, 6) is -0.364. The molecule has 1 heterocycles. The Labute approximate surface area is 190 Å². The van der Waals surface area contributed by atoms with Crippen molar-refractivity contribution in [2.24, 2.45) is 0 Å². The van der Waals surface area contributed by atoms with Crippen molar-refractivity contribution in [1.29, 1.82) is 0 Å². The standard InChI is InChI=1S/C23H20N4O5S/c1-25(19-7-3-2-4-8-19)33(31,32)21-9-5-6-18(15-21)24-23(28)16-26-13-12-17-14-20(27(29)30)10-11-22(17)26/h2-15H,16H2,1H3,(H,24,28). The number of hydrogen-bond acceptors (Lipinski definition) is 5. The molecule has 1 N–H and O–H groups in total. The van der Waals surface area contributed by atoms with Crippen LogP contribution in [0.3, 0.4) is 0 Å². The lowest BCUT2D eigenvalue weighted by atomic mass is 10.2. The second kappa shape index (κ2) is 8.75. The first-order valence-corrected chi connectivity index (χ1v) is 11.4. The average Bonchev–Trinajstić information content (AvgIpc) is 3.21. The van der Waals surface area contributed by atoms with E-state index in [0.29, 0.717) is 22.3 Å². The van der Waals surface area contributed by atoms with Crippen LogP contribution < -0.4 is 9.62 Å². The minimum atomic E-state index is -3.82. The Morgan fingerprint density at radius 2 is 1.79 bits per heavy atom. The molecule has 4 aromatic rings. The maximum Gasteiger partial charge on any atom is 0.270 e. The number of anilines is 2. The summed E-state index contributed by atoms with van der Waals surface area (Å²) >= 11 is 0. The van der Waals surface area contributed by atoms with E-state index in [2.05, 4.69) is 5.32 Å². The Morgan fingerprint density at radius 3 is 2.52 bits per heavy atom. The van der Waals surface area contributed by atoms with Crippen molar-refractivity contribution >= 4 is 43.9 Å². The number of carbonyl (C=O) groups excluding carboxylic acids is 1. The van der Waals surface area contributed by atoms with E-state index in [1.807, 2.05) is 0 Å². The molecular weight excluding hydrogens is 444 g/mol. The zero-order valence-electron chi connectivity index (χ0n) is 17.6. The monoisotopic (exact) mass is 464 g/mol. The van der Waals surface area contributed by atoms with Crippen molar-refractivity contribution in [3.8, 4) is 0 Å². The molecule has 0 spiro atoms. The predicted molar refractivity (Wildman–Crippen MR) is 126 cm³/mol. The van der Waals surface area contributed by atoms with Crippen LogP contribution in [0.1, 0.15) is 0 Å². The highest BCUT2D eigenvalue weighted by atomic mass is 32.2. The molecule has 0 fully saturated rings. The third-order valence-electron chi connectivity index (χ3n) is 5.18. The molecule has 10 heteroatoms. The molecule has 0 aliphatic carbocycles. The van der Waals surface area contributed by atoms with Gasteiger partial charge < -0.3 is 9.88 Å². The normalized spacial score (nSPS) is 11.3. The van der Waals surface area contributed by atoms with Gasteiger partial charge >= 0.3 is 0 Å². The number of fused-ring (bicyclic) bond motifs is 1. The summed E-state index contributed by atoms with van der Waals surface area (Å²) in [5.41, 5.74) is 1.51. The quantitative estimate of drug-likeness (QED) is 0.328. The summed E-state index contributed by atoms with van der Waals surface area (Å²) in [6.45, 7) is -0.0395. The predicted octanol–water partition coefficient (Wildman–Crippen LogP) is 4.01. The SMILES string of the molecule is CN(c1ccccc1)S(=O)(=O)c1cccc(NC(=O)Cn2ccc3cc([N+](=O)[O-])ccc32)c1. The van der Waals surface area contributed by atoms with Gasteiger partial charge in [-0.15, -0.1) is 0 Å². The Morgan fingerprint density at radius 1 is 1.03 bits per heavy atom. The number of para-hydroxylation sites is 1. The van der Waals surface area contributed by atoms with Crippen LogP contribution in [0.25, 0.3) is 10.9 Å². The molecule has 0 aliphatic rings. The molecule has 0 bridgehead atoms. The maximum absolute atomic E-state index is 13.0. The van der Waals surface area contributed by atoms with Crippen LogP contribution >= 0.6 is 0 Å². The van der Waals surface area contributed by atoms with Crippen molar-refractivity contribution in [1.82, 2.24) is 4.57 Å². The van der Waals surface area contributed by atoms with Gasteiger partial charge in [-0.25, -0.2) is 8.42 Å². The molecule has 0 atom stereocenters. The van der Waals surface area contributed by atoms with E-state index in [-0.39, 0.29) is 23.0 Å². The highest BCUT2D eigenvalue weighted by Gasteiger charge is 2.21. The lowest BCUT2D eigenvalue weighted by Crippen LogP contribution is -2.26. The van der Waals surface area contributed by atoms with E-state index in [1.165, 1.54) is 35.6 Å². The van der Waals surface area contributed by atoms with Gasteiger partial charge in [-0.2, -0.15) is 0 Å². The summed E-state index contributed by atoms with van der Waals surface area (Å²) in [6, 6.07) is 20.9. The third kappa shape index (κ3) is 4.55. The van der Waals surface area contributed by atoms with Gasteiger partial charge in [0, 0.05) is 42.0 Å². The first kappa shape index (κ1) is 22.0. The van der Waals surface area contributed by atoms with Gasteiger partial charge in [-0.3, -0.25) is 19.2 Å². The molecule has 33 heavy (non-hydrogen) atoms. The Hall–Kier alpha value is -4.18. The van der Waals surface area contributed by atoms with Crippen molar-refractivity contribution < 1.29 is 18.1 Å². The molecule has 168 valence electrons. The van der Waals surface area contributed by atoms with Gasteiger partial charge in [0.1, 0.15) is 6.54 Å². The van der Waals surface area contributed by atoms with Crippen LogP contribution in [0.2, 0.25) is 0 Å². The highest BCUT2D eigenvalue weighted by molar-refractivity contribution is 7.92. The van der Waals surface area contributed by atoms with E-state index >= 15 is 0 Å². The summed E-state index contributed by atoms with van der Waals surface area (Å²) in [6.07, 6.45) is 1.67. The lowest BCUT2D eigenvalue weighted by Gasteiger charge is -2.20. The van der Waals surface area contributed by atoms with E-state index in [0.717, 1.165) is 0 Å². The molecule has 0 saturated heterocycles.